The summed E-state index contributed by atoms with van der Waals surface area (Å²) in [5.74, 6) is -0.908. The lowest BCUT2D eigenvalue weighted by molar-refractivity contribution is -0.146. The Kier molecular flexibility index (Phi) is 6.88. The normalized spacial score (nSPS) is 9.77. The van der Waals surface area contributed by atoms with Crippen molar-refractivity contribution in [1.29, 1.82) is 0 Å². The molecule has 0 aromatic heterocycles. The molecular weight excluding hydrogens is 288 g/mol. The van der Waals surface area contributed by atoms with Crippen LogP contribution in [0.15, 0.2) is 30.3 Å². The minimum atomic E-state index is -0.608. The summed E-state index contributed by atoms with van der Waals surface area (Å²) >= 11 is 0. The second kappa shape index (κ2) is 8.66. The van der Waals surface area contributed by atoms with Crippen molar-refractivity contribution < 1.29 is 23.9 Å². The highest BCUT2D eigenvalue weighted by atomic mass is 16.6. The Hall–Kier alpha value is -2.57. The zero-order chi connectivity index (χ0) is 16.5. The fourth-order valence-corrected chi connectivity index (χ4v) is 1.56. The maximum Gasteiger partial charge on any atom is 0.410 e. The third kappa shape index (κ3) is 5.82. The largest absolute Gasteiger partial charge is 0.468 e. The van der Waals surface area contributed by atoms with Crippen LogP contribution in [0.1, 0.15) is 5.56 Å². The van der Waals surface area contributed by atoms with Gasteiger partial charge in [0.25, 0.3) is 0 Å². The zero-order valence-corrected chi connectivity index (χ0v) is 12.9. The van der Waals surface area contributed by atoms with E-state index >= 15 is 0 Å². The molecule has 7 heteroatoms. The molecular formula is C15H20N2O5. The molecule has 0 fully saturated rings. The molecule has 0 saturated carbocycles. The van der Waals surface area contributed by atoms with Crippen LogP contribution in [-0.2, 0) is 25.7 Å². The quantitative estimate of drug-likeness (QED) is 0.729. The predicted octanol–water partition coefficient (Wildman–Crippen LogP) is 0.886. The van der Waals surface area contributed by atoms with Gasteiger partial charge < -0.3 is 19.3 Å². The lowest BCUT2D eigenvalue weighted by atomic mass is 10.2. The smallest absolute Gasteiger partial charge is 0.410 e. The second-order valence-electron chi connectivity index (χ2n) is 4.72. The van der Waals surface area contributed by atoms with E-state index in [4.69, 9.17) is 4.74 Å². The van der Waals surface area contributed by atoms with E-state index in [0.29, 0.717) is 0 Å². The summed E-state index contributed by atoms with van der Waals surface area (Å²) in [6.07, 6.45) is -0.608. The van der Waals surface area contributed by atoms with Gasteiger partial charge in [0.15, 0.2) is 0 Å². The Balaban J connectivity index is 2.40. The molecule has 0 saturated heterocycles. The van der Waals surface area contributed by atoms with Crippen LogP contribution in [0.5, 0.6) is 0 Å². The summed E-state index contributed by atoms with van der Waals surface area (Å²) in [5.41, 5.74) is 0.860. The molecule has 0 aliphatic rings. The number of benzene rings is 1. The molecule has 1 aromatic rings. The van der Waals surface area contributed by atoms with Gasteiger partial charge in [-0.2, -0.15) is 0 Å². The predicted molar refractivity (Wildman–Crippen MR) is 78.9 cm³/mol. The zero-order valence-electron chi connectivity index (χ0n) is 12.9. The van der Waals surface area contributed by atoms with Crippen LogP contribution in [0.3, 0.4) is 0 Å². The molecule has 0 bridgehead atoms. The molecule has 7 nitrogen and oxygen atoms in total. The van der Waals surface area contributed by atoms with Crippen molar-refractivity contribution in [3.05, 3.63) is 35.9 Å². The Labute approximate surface area is 129 Å². The SMILES string of the molecule is COC(=O)CN(C)C(=O)CN(C)C(=O)OCc1ccccc1. The van der Waals surface area contributed by atoms with Gasteiger partial charge in [-0.05, 0) is 5.56 Å². The fourth-order valence-electron chi connectivity index (χ4n) is 1.56. The van der Waals surface area contributed by atoms with Crippen LogP contribution in [0.25, 0.3) is 0 Å². The second-order valence-corrected chi connectivity index (χ2v) is 4.72. The van der Waals surface area contributed by atoms with E-state index in [1.165, 1.54) is 26.1 Å². The monoisotopic (exact) mass is 308 g/mol. The van der Waals surface area contributed by atoms with E-state index < -0.39 is 12.1 Å². The number of esters is 1. The third-order valence-corrected chi connectivity index (χ3v) is 2.91. The van der Waals surface area contributed by atoms with E-state index in [1.807, 2.05) is 30.3 Å². The van der Waals surface area contributed by atoms with Crippen molar-refractivity contribution in [2.24, 2.45) is 0 Å². The van der Waals surface area contributed by atoms with Gasteiger partial charge in [0.2, 0.25) is 5.91 Å². The summed E-state index contributed by atoms with van der Waals surface area (Å²) in [5, 5.41) is 0. The van der Waals surface area contributed by atoms with E-state index in [0.717, 1.165) is 10.5 Å². The lowest BCUT2D eigenvalue weighted by Crippen LogP contribution is -2.41. The van der Waals surface area contributed by atoms with Gasteiger partial charge in [0.05, 0.1) is 7.11 Å². The highest BCUT2D eigenvalue weighted by Crippen LogP contribution is 2.02. The summed E-state index contributed by atoms with van der Waals surface area (Å²) in [7, 11) is 4.16. The van der Waals surface area contributed by atoms with Gasteiger partial charge in [0.1, 0.15) is 19.7 Å². The fraction of sp³-hybridized carbons (Fsp3) is 0.400. The molecule has 0 aliphatic heterocycles. The first kappa shape index (κ1) is 17.5. The topological polar surface area (TPSA) is 76.2 Å². The number of hydrogen-bond donors (Lipinski definition) is 0. The maximum absolute atomic E-state index is 11.9. The van der Waals surface area contributed by atoms with Gasteiger partial charge in [0, 0.05) is 14.1 Å². The van der Waals surface area contributed by atoms with E-state index in [1.54, 1.807) is 0 Å². The maximum atomic E-state index is 11.9. The number of likely N-dealkylation sites (N-methyl/N-ethyl adjacent to an activating group) is 2. The Morgan fingerprint density at radius 1 is 1.00 bits per heavy atom. The molecule has 0 aliphatic carbocycles. The number of amides is 2. The standard InChI is InChI=1S/C15H20N2O5/c1-16(10-14(19)21-3)13(18)9-17(2)15(20)22-11-12-7-5-4-6-8-12/h4-8H,9-11H2,1-3H3. The van der Waals surface area contributed by atoms with Crippen molar-refractivity contribution in [2.75, 3.05) is 34.3 Å². The molecule has 0 radical (unpaired) electrons. The van der Waals surface area contributed by atoms with E-state index in [9.17, 15) is 14.4 Å². The van der Waals surface area contributed by atoms with E-state index in [2.05, 4.69) is 4.74 Å². The lowest BCUT2D eigenvalue weighted by Gasteiger charge is -2.21. The molecule has 0 unspecified atom stereocenters. The Bertz CT molecular complexity index is 518. The Morgan fingerprint density at radius 3 is 2.23 bits per heavy atom. The van der Waals surface area contributed by atoms with E-state index in [-0.39, 0.29) is 25.6 Å². The van der Waals surface area contributed by atoms with Crippen molar-refractivity contribution in [3.8, 4) is 0 Å². The average molecular weight is 308 g/mol. The molecule has 120 valence electrons. The molecule has 1 aromatic carbocycles. The molecule has 0 N–H and O–H groups in total. The summed E-state index contributed by atoms with van der Waals surface area (Å²) < 4.78 is 9.57. The highest BCUT2D eigenvalue weighted by molar-refractivity contribution is 5.85. The van der Waals surface area contributed by atoms with Crippen molar-refractivity contribution in [3.63, 3.8) is 0 Å². The molecule has 1 rings (SSSR count). The number of hydrogen-bond acceptors (Lipinski definition) is 5. The highest BCUT2D eigenvalue weighted by Gasteiger charge is 2.18. The first-order valence-corrected chi connectivity index (χ1v) is 6.66. The Morgan fingerprint density at radius 2 is 1.64 bits per heavy atom. The van der Waals surface area contributed by atoms with Gasteiger partial charge >= 0.3 is 12.1 Å². The number of carbonyl (C=O) groups excluding carboxylic acids is 3. The molecule has 22 heavy (non-hydrogen) atoms. The minimum Gasteiger partial charge on any atom is -0.468 e. The van der Waals surface area contributed by atoms with Crippen LogP contribution in [0.2, 0.25) is 0 Å². The van der Waals surface area contributed by atoms with Gasteiger partial charge in [-0.15, -0.1) is 0 Å². The van der Waals surface area contributed by atoms with Crippen molar-refractivity contribution in [1.82, 2.24) is 9.80 Å². The minimum absolute atomic E-state index is 0.135. The van der Waals surface area contributed by atoms with Crippen LogP contribution in [-0.4, -0.2) is 62.1 Å². The van der Waals surface area contributed by atoms with Crippen LogP contribution >= 0.6 is 0 Å². The van der Waals surface area contributed by atoms with Crippen LogP contribution in [0.4, 0.5) is 4.79 Å². The van der Waals surface area contributed by atoms with Crippen molar-refractivity contribution >= 4 is 18.0 Å². The number of carbonyl (C=O) groups is 3. The summed E-state index contributed by atoms with van der Waals surface area (Å²) in [6.45, 7) is -0.209. The molecule has 2 amide bonds. The average Bonchev–Trinajstić information content (AvgIpc) is 2.53. The third-order valence-electron chi connectivity index (χ3n) is 2.91. The van der Waals surface area contributed by atoms with Crippen molar-refractivity contribution in [2.45, 2.75) is 6.61 Å². The van der Waals surface area contributed by atoms with Gasteiger partial charge in [-0.3, -0.25) is 9.59 Å². The first-order chi connectivity index (χ1) is 10.4. The number of nitrogens with zero attached hydrogens (tertiary/aromatic N) is 2. The number of methoxy groups -OCH3 is 1. The van der Waals surface area contributed by atoms with Gasteiger partial charge in [-0.25, -0.2) is 4.79 Å². The number of ether oxygens (including phenoxy) is 2. The molecule has 0 heterocycles. The van der Waals surface area contributed by atoms with Crippen LogP contribution < -0.4 is 0 Å². The van der Waals surface area contributed by atoms with Crippen LogP contribution in [0, 0.1) is 0 Å². The first-order valence-electron chi connectivity index (χ1n) is 6.66. The number of rotatable bonds is 6. The van der Waals surface area contributed by atoms with Gasteiger partial charge in [-0.1, -0.05) is 30.3 Å². The summed E-state index contributed by atoms with van der Waals surface area (Å²) in [6, 6.07) is 9.23. The molecule has 0 spiro atoms. The molecule has 0 atom stereocenters. The summed E-state index contributed by atoms with van der Waals surface area (Å²) in [4.78, 5) is 37.1.